The molecule has 0 aliphatic rings. The van der Waals surface area contributed by atoms with Crippen molar-refractivity contribution in [3.63, 3.8) is 0 Å². The minimum absolute atomic E-state index is 0.0940. The molecule has 0 aliphatic carbocycles. The van der Waals surface area contributed by atoms with Gasteiger partial charge in [-0.25, -0.2) is 8.42 Å². The summed E-state index contributed by atoms with van der Waals surface area (Å²) in [5, 5.41) is 0. The highest BCUT2D eigenvalue weighted by molar-refractivity contribution is 7.86. The maximum Gasteiger partial charge on any atom is 0.297 e. The van der Waals surface area contributed by atoms with Gasteiger partial charge in [-0.05, 0) is 67.0 Å². The Labute approximate surface area is 185 Å². The summed E-state index contributed by atoms with van der Waals surface area (Å²) in [4.78, 5) is -0.147. The Morgan fingerprint density at radius 1 is 0.871 bits per heavy atom. The Bertz CT molecular complexity index is 1040. The van der Waals surface area contributed by atoms with Crippen LogP contribution in [0.15, 0.2) is 58.3 Å². The van der Waals surface area contributed by atoms with E-state index in [2.05, 4.69) is 6.92 Å². The van der Waals surface area contributed by atoms with Gasteiger partial charge >= 0.3 is 0 Å². The van der Waals surface area contributed by atoms with Gasteiger partial charge in [0.05, 0.1) is 22.5 Å². The van der Waals surface area contributed by atoms with Crippen LogP contribution in [-0.4, -0.2) is 41.2 Å². The largest absolute Gasteiger partial charge is 0.744 e. The lowest BCUT2D eigenvalue weighted by atomic mass is 9.85. The monoisotopic (exact) mass is 469 g/mol. The number of hydrogen-bond acceptors (Lipinski definition) is 7. The zero-order valence-electron chi connectivity index (χ0n) is 18.1. The molecule has 0 spiro atoms. The SMILES string of the molecule is CCC(CC(C)c1ccc(S(=O)(=O)[O-])cc1)c1ccc(S(=O)(=O)OC(C)COC)cc1. The molecule has 2 aromatic carbocycles. The van der Waals surface area contributed by atoms with E-state index in [0.717, 1.165) is 24.0 Å². The second-order valence-corrected chi connectivity index (χ2v) is 10.6. The molecular formula is C22H29O7S2-. The Kier molecular flexibility index (Phi) is 8.79. The van der Waals surface area contributed by atoms with E-state index in [0.29, 0.717) is 0 Å². The lowest BCUT2D eigenvalue weighted by Gasteiger charge is -2.21. The van der Waals surface area contributed by atoms with Crippen molar-refractivity contribution in [3.05, 3.63) is 59.7 Å². The zero-order chi connectivity index (χ0) is 23.2. The van der Waals surface area contributed by atoms with Gasteiger partial charge in [0.15, 0.2) is 0 Å². The van der Waals surface area contributed by atoms with Crippen molar-refractivity contribution in [2.75, 3.05) is 13.7 Å². The van der Waals surface area contributed by atoms with Gasteiger partial charge in [-0.3, -0.25) is 4.18 Å². The number of rotatable bonds is 11. The Hall–Kier alpha value is -1.78. The van der Waals surface area contributed by atoms with Crippen LogP contribution in [0.5, 0.6) is 0 Å². The van der Waals surface area contributed by atoms with Crippen molar-refractivity contribution in [3.8, 4) is 0 Å². The van der Waals surface area contributed by atoms with Gasteiger partial charge in [-0.15, -0.1) is 0 Å². The average molecular weight is 470 g/mol. The van der Waals surface area contributed by atoms with Crippen molar-refractivity contribution in [2.24, 2.45) is 0 Å². The second kappa shape index (κ2) is 10.7. The molecule has 2 rings (SSSR count). The molecule has 0 aromatic heterocycles. The third-order valence-corrected chi connectivity index (χ3v) is 7.48. The van der Waals surface area contributed by atoms with Crippen LogP contribution in [-0.2, 0) is 29.2 Å². The molecule has 31 heavy (non-hydrogen) atoms. The topological polar surface area (TPSA) is 110 Å². The van der Waals surface area contributed by atoms with Crippen LogP contribution >= 0.6 is 0 Å². The first-order chi connectivity index (χ1) is 14.5. The third-order valence-electron chi connectivity index (χ3n) is 5.20. The molecule has 7 nitrogen and oxygen atoms in total. The van der Waals surface area contributed by atoms with E-state index >= 15 is 0 Å². The smallest absolute Gasteiger partial charge is 0.297 e. The average Bonchev–Trinajstić information content (AvgIpc) is 2.71. The summed E-state index contributed by atoms with van der Waals surface area (Å²) in [6, 6.07) is 12.7. The number of benzene rings is 2. The standard InChI is InChI=1S/C22H30O7S2/c1-5-18(14-16(2)19-6-10-21(11-7-19)30(23,24)25)20-8-12-22(13-9-20)31(26,27)29-17(3)15-28-4/h6-13,16-18H,5,14-15H2,1-4H3,(H,23,24,25)/p-1. The summed E-state index contributed by atoms with van der Waals surface area (Å²) in [6.07, 6.45) is 1.06. The molecule has 0 aliphatic heterocycles. The van der Waals surface area contributed by atoms with Crippen molar-refractivity contribution >= 4 is 20.2 Å². The van der Waals surface area contributed by atoms with Crippen molar-refractivity contribution in [1.29, 1.82) is 0 Å². The van der Waals surface area contributed by atoms with E-state index in [1.807, 2.05) is 6.92 Å². The highest BCUT2D eigenvalue weighted by Crippen LogP contribution is 2.33. The number of methoxy groups -OCH3 is 1. The van der Waals surface area contributed by atoms with E-state index < -0.39 is 26.3 Å². The predicted molar refractivity (Wildman–Crippen MR) is 117 cm³/mol. The van der Waals surface area contributed by atoms with Crippen LogP contribution in [0.25, 0.3) is 0 Å². The minimum Gasteiger partial charge on any atom is -0.744 e. The Morgan fingerprint density at radius 3 is 1.87 bits per heavy atom. The molecule has 3 atom stereocenters. The molecule has 172 valence electrons. The third kappa shape index (κ3) is 7.11. The normalized spacial score (nSPS) is 15.4. The molecule has 0 saturated carbocycles. The zero-order valence-corrected chi connectivity index (χ0v) is 19.8. The molecule has 0 amide bonds. The van der Waals surface area contributed by atoms with Crippen molar-refractivity contribution in [1.82, 2.24) is 0 Å². The van der Waals surface area contributed by atoms with Crippen LogP contribution in [0.1, 0.15) is 56.6 Å². The molecule has 3 unspecified atom stereocenters. The van der Waals surface area contributed by atoms with Crippen LogP contribution in [0, 0.1) is 0 Å². The number of hydrogen-bond donors (Lipinski definition) is 0. The summed E-state index contributed by atoms with van der Waals surface area (Å²) < 4.78 is 68.1. The fourth-order valence-corrected chi connectivity index (χ4v) is 5.04. The van der Waals surface area contributed by atoms with Gasteiger partial charge < -0.3 is 9.29 Å². The molecule has 2 aromatic rings. The molecule has 0 fully saturated rings. The lowest BCUT2D eigenvalue weighted by Crippen LogP contribution is -2.20. The quantitative estimate of drug-likeness (QED) is 0.361. The van der Waals surface area contributed by atoms with Crippen LogP contribution in [0.4, 0.5) is 0 Å². The molecule has 0 radical (unpaired) electrons. The van der Waals surface area contributed by atoms with Gasteiger partial charge in [0.1, 0.15) is 10.1 Å². The summed E-state index contributed by atoms with van der Waals surface area (Å²) >= 11 is 0. The summed E-state index contributed by atoms with van der Waals surface area (Å²) in [7, 11) is -6.85. The van der Waals surface area contributed by atoms with E-state index in [1.54, 1.807) is 43.3 Å². The van der Waals surface area contributed by atoms with Crippen molar-refractivity contribution < 1.29 is 30.3 Å². The highest BCUT2D eigenvalue weighted by Gasteiger charge is 2.21. The fraction of sp³-hybridized carbons (Fsp3) is 0.455. The maximum atomic E-state index is 12.4. The first-order valence-electron chi connectivity index (χ1n) is 10.1. The highest BCUT2D eigenvalue weighted by atomic mass is 32.2. The van der Waals surface area contributed by atoms with E-state index in [-0.39, 0.29) is 28.2 Å². The van der Waals surface area contributed by atoms with E-state index in [9.17, 15) is 21.4 Å². The van der Waals surface area contributed by atoms with Crippen molar-refractivity contribution in [2.45, 2.75) is 61.3 Å². The summed E-state index contributed by atoms with van der Waals surface area (Å²) in [5.74, 6) is 0.304. The molecule has 0 saturated heterocycles. The van der Waals surface area contributed by atoms with E-state index in [4.69, 9.17) is 8.92 Å². The molecule has 0 N–H and O–H groups in total. The molecular weight excluding hydrogens is 440 g/mol. The Morgan fingerprint density at radius 2 is 1.39 bits per heavy atom. The van der Waals surface area contributed by atoms with Crippen LogP contribution in [0.2, 0.25) is 0 Å². The molecule has 0 bridgehead atoms. The number of ether oxygens (including phenoxy) is 1. The Balaban J connectivity index is 2.12. The lowest BCUT2D eigenvalue weighted by molar-refractivity contribution is 0.0962. The fourth-order valence-electron chi connectivity index (χ4n) is 3.51. The minimum atomic E-state index is -4.46. The van der Waals surface area contributed by atoms with Crippen LogP contribution in [0.3, 0.4) is 0 Å². The van der Waals surface area contributed by atoms with Gasteiger partial charge in [0.2, 0.25) is 0 Å². The molecule has 0 heterocycles. The predicted octanol–water partition coefficient (Wildman–Crippen LogP) is 4.02. The van der Waals surface area contributed by atoms with Gasteiger partial charge in [-0.1, -0.05) is 38.1 Å². The maximum absolute atomic E-state index is 12.4. The van der Waals surface area contributed by atoms with Gasteiger partial charge in [-0.2, -0.15) is 8.42 Å². The summed E-state index contributed by atoms with van der Waals surface area (Å²) in [5.41, 5.74) is 1.95. The first kappa shape index (κ1) is 25.5. The summed E-state index contributed by atoms with van der Waals surface area (Å²) in [6.45, 7) is 5.90. The van der Waals surface area contributed by atoms with Crippen LogP contribution < -0.4 is 0 Å². The second-order valence-electron chi connectivity index (χ2n) is 7.65. The first-order valence-corrected chi connectivity index (χ1v) is 12.9. The molecule has 9 heteroatoms. The van der Waals surface area contributed by atoms with Gasteiger partial charge in [0, 0.05) is 7.11 Å². The van der Waals surface area contributed by atoms with Gasteiger partial charge in [0.25, 0.3) is 10.1 Å². The van der Waals surface area contributed by atoms with E-state index in [1.165, 1.54) is 19.2 Å².